The summed E-state index contributed by atoms with van der Waals surface area (Å²) in [6.07, 6.45) is 19.3. The molecule has 2 nitrogen and oxygen atoms in total. The molecular formula is C26H34O2P2. The van der Waals surface area contributed by atoms with Crippen LogP contribution in [0.4, 0.5) is 0 Å². The van der Waals surface area contributed by atoms with E-state index in [0.717, 1.165) is 25.0 Å². The molecule has 6 rings (SSSR count). The van der Waals surface area contributed by atoms with Gasteiger partial charge in [0.15, 0.2) is 5.78 Å². The second kappa shape index (κ2) is 6.76. The molecule has 0 saturated carbocycles. The van der Waals surface area contributed by atoms with E-state index in [1.165, 1.54) is 11.1 Å². The lowest BCUT2D eigenvalue weighted by molar-refractivity contribution is -0.117. The van der Waals surface area contributed by atoms with Gasteiger partial charge in [-0.1, -0.05) is 91.5 Å². The molecule has 4 heteroatoms. The summed E-state index contributed by atoms with van der Waals surface area (Å²) in [7, 11) is -1.58. The highest BCUT2D eigenvalue weighted by atomic mass is 31.2. The average Bonchev–Trinajstić information content (AvgIpc) is 3.11. The number of carbonyl (C=O) groups is 1. The fourth-order valence-corrected chi connectivity index (χ4v) is 15.4. The van der Waals surface area contributed by atoms with Crippen LogP contribution < -0.4 is 0 Å². The van der Waals surface area contributed by atoms with Gasteiger partial charge in [-0.05, 0) is 36.2 Å². The van der Waals surface area contributed by atoms with Gasteiger partial charge in [0.25, 0.3) is 0 Å². The van der Waals surface area contributed by atoms with Gasteiger partial charge < -0.3 is 4.52 Å². The maximum atomic E-state index is 13.8. The topological polar surface area (TPSA) is 26.3 Å². The van der Waals surface area contributed by atoms with Crippen molar-refractivity contribution in [1.29, 1.82) is 0 Å². The normalized spacial score (nSPS) is 38.9. The second-order valence-corrected chi connectivity index (χ2v) is 15.5. The Kier molecular flexibility index (Phi) is 4.71. The highest BCUT2D eigenvalue weighted by Crippen LogP contribution is 2.90. The van der Waals surface area contributed by atoms with Crippen molar-refractivity contribution in [2.75, 3.05) is 0 Å². The summed E-state index contributed by atoms with van der Waals surface area (Å²) in [5.74, 6) is 1.48. The van der Waals surface area contributed by atoms with Crippen LogP contribution in [0.5, 0.6) is 0 Å². The van der Waals surface area contributed by atoms with Crippen molar-refractivity contribution >= 4 is 21.9 Å². The van der Waals surface area contributed by atoms with Crippen LogP contribution in [0.25, 0.3) is 0 Å². The fraction of sp³-hybridized carbons (Fsp3) is 0.577. The maximum absolute atomic E-state index is 13.8. The Morgan fingerprint density at radius 3 is 2.43 bits per heavy atom. The predicted octanol–water partition coefficient (Wildman–Crippen LogP) is 7.43. The number of rotatable bonds is 4. The lowest BCUT2D eigenvalue weighted by Gasteiger charge is -2.57. The maximum Gasteiger partial charge on any atom is 0.158 e. The van der Waals surface area contributed by atoms with Crippen molar-refractivity contribution in [2.45, 2.75) is 82.7 Å². The second-order valence-electron chi connectivity index (χ2n) is 10.5. The monoisotopic (exact) mass is 440 g/mol. The van der Waals surface area contributed by atoms with Gasteiger partial charge in [-0.2, -0.15) is 0 Å². The first kappa shape index (κ1) is 20.9. The molecule has 1 fully saturated rings. The minimum absolute atomic E-state index is 0.0353. The van der Waals surface area contributed by atoms with Crippen LogP contribution in [0.1, 0.15) is 60.8 Å². The summed E-state index contributed by atoms with van der Waals surface area (Å²) in [6, 6.07) is 0. The van der Waals surface area contributed by atoms with Gasteiger partial charge in [0.2, 0.25) is 0 Å². The summed E-state index contributed by atoms with van der Waals surface area (Å²) in [6.45, 7) is 14.2. The summed E-state index contributed by atoms with van der Waals surface area (Å²) >= 11 is 0. The molecule has 5 heterocycles. The lowest BCUT2D eigenvalue weighted by atomic mass is 9.78. The molecular weight excluding hydrogens is 406 g/mol. The van der Waals surface area contributed by atoms with Crippen molar-refractivity contribution in [3.05, 3.63) is 59.4 Å². The largest absolute Gasteiger partial charge is 0.471 e. The molecule has 1 saturated heterocycles. The van der Waals surface area contributed by atoms with E-state index in [4.69, 9.17) is 4.52 Å². The molecule has 0 aromatic rings. The van der Waals surface area contributed by atoms with Crippen molar-refractivity contribution in [3.8, 4) is 0 Å². The third kappa shape index (κ3) is 2.42. The van der Waals surface area contributed by atoms with Crippen LogP contribution in [-0.4, -0.2) is 27.7 Å². The quantitative estimate of drug-likeness (QED) is 0.336. The molecule has 0 amide bonds. The van der Waals surface area contributed by atoms with Crippen LogP contribution in [0.15, 0.2) is 59.4 Å². The molecule has 5 aliphatic heterocycles. The van der Waals surface area contributed by atoms with Crippen LogP contribution in [0, 0.1) is 10.8 Å². The van der Waals surface area contributed by atoms with Crippen molar-refractivity contribution < 1.29 is 9.32 Å². The van der Waals surface area contributed by atoms with Crippen LogP contribution >= 0.6 is 16.1 Å². The van der Waals surface area contributed by atoms with Gasteiger partial charge in [0.05, 0.1) is 16.2 Å². The molecule has 0 spiro atoms. The van der Waals surface area contributed by atoms with Gasteiger partial charge in [-0.3, -0.25) is 4.79 Å². The van der Waals surface area contributed by atoms with E-state index in [1.54, 1.807) is 0 Å². The average molecular weight is 441 g/mol. The molecule has 160 valence electrons. The molecule has 0 aromatic carbocycles. The highest BCUT2D eigenvalue weighted by Gasteiger charge is 2.73. The van der Waals surface area contributed by atoms with Gasteiger partial charge in [-0.25, -0.2) is 0 Å². The molecule has 0 aromatic heterocycles. The van der Waals surface area contributed by atoms with E-state index in [1.807, 2.05) is 0 Å². The standard InChI is InChI=1S/C26H34O2P2/c1-7-24(3,4)18-16-22-23(27)21-15-14-20(18)29(21)26(25(5,6)8-2)17-12-10-9-11-13-19(17)28-30(22)26/h10-16,20-22H,7-9H2,1-6H3/t20-,21+,22-,26+,29?,30?/m0/s1. The highest BCUT2D eigenvalue weighted by molar-refractivity contribution is 7.80. The number of allylic oxidation sites excluding steroid dienone is 9. The molecule has 0 radical (unpaired) electrons. The molecule has 6 aliphatic rings. The van der Waals surface area contributed by atoms with Crippen molar-refractivity contribution in [1.82, 2.24) is 0 Å². The van der Waals surface area contributed by atoms with E-state index in [0.29, 0.717) is 11.4 Å². The minimum Gasteiger partial charge on any atom is -0.471 e. The Bertz CT molecular complexity index is 948. The molecule has 6 atom stereocenters. The molecule has 0 N–H and O–H groups in total. The number of hydrogen-bond donors (Lipinski definition) is 0. The van der Waals surface area contributed by atoms with E-state index in [-0.39, 0.29) is 27.0 Å². The Morgan fingerprint density at radius 2 is 1.73 bits per heavy atom. The lowest BCUT2D eigenvalue weighted by Crippen LogP contribution is -2.50. The molecule has 4 bridgehead atoms. The zero-order chi connectivity index (χ0) is 21.5. The first-order chi connectivity index (χ1) is 14.2. The van der Waals surface area contributed by atoms with Crippen LogP contribution in [-0.2, 0) is 9.32 Å². The molecule has 30 heavy (non-hydrogen) atoms. The Balaban J connectivity index is 1.81. The summed E-state index contributed by atoms with van der Waals surface area (Å²) < 4.78 is 6.87. The van der Waals surface area contributed by atoms with Gasteiger partial charge in [-0.15, -0.1) is 0 Å². The van der Waals surface area contributed by atoms with E-state index >= 15 is 0 Å². The smallest absolute Gasteiger partial charge is 0.158 e. The SMILES string of the molecule is CCC(C)(C)C1=C[C@H]2C(=O)[C@H]3C=C[C@@H]1P3[C@]1(C(C)(C)CC)C3=C(C=CCC=C3)OP21. The number of carbonyl (C=O) groups excluding carboxylic acids is 1. The number of ketones is 1. The number of Topliss-reactive ketones (excluding diaryl/α,β-unsaturated/α-hetero) is 1. The van der Waals surface area contributed by atoms with E-state index in [2.05, 4.69) is 84.1 Å². The van der Waals surface area contributed by atoms with E-state index < -0.39 is 16.1 Å². The summed E-state index contributed by atoms with van der Waals surface area (Å²) in [5.41, 5.74) is 3.48. The fourth-order valence-electron chi connectivity index (χ4n) is 6.04. The van der Waals surface area contributed by atoms with Crippen LogP contribution in [0.2, 0.25) is 0 Å². The van der Waals surface area contributed by atoms with Gasteiger partial charge in [0, 0.05) is 11.2 Å². The Labute approximate surface area is 184 Å². The zero-order valence-electron chi connectivity index (χ0n) is 19.1. The molecule has 1 aliphatic carbocycles. The molecule has 2 unspecified atom stereocenters. The van der Waals surface area contributed by atoms with Crippen LogP contribution in [0.3, 0.4) is 0 Å². The zero-order valence-corrected chi connectivity index (χ0v) is 20.9. The van der Waals surface area contributed by atoms with Crippen molar-refractivity contribution in [3.63, 3.8) is 0 Å². The predicted molar refractivity (Wildman–Crippen MR) is 129 cm³/mol. The van der Waals surface area contributed by atoms with Gasteiger partial charge >= 0.3 is 0 Å². The van der Waals surface area contributed by atoms with Gasteiger partial charge in [0.1, 0.15) is 13.9 Å². The summed E-state index contributed by atoms with van der Waals surface area (Å²) in [5, 5.41) is 0. The Hall–Kier alpha value is -0.970. The number of hydrogen-bond acceptors (Lipinski definition) is 2. The first-order valence-electron chi connectivity index (χ1n) is 11.5. The third-order valence-electron chi connectivity index (χ3n) is 8.42. The summed E-state index contributed by atoms with van der Waals surface area (Å²) in [4.78, 5) is 13.8. The minimum atomic E-state index is -0.945. The Morgan fingerprint density at radius 1 is 1.03 bits per heavy atom. The first-order valence-corrected chi connectivity index (χ1v) is 14.3. The third-order valence-corrected chi connectivity index (χ3v) is 16.2. The van der Waals surface area contributed by atoms with Crippen molar-refractivity contribution in [2.24, 2.45) is 10.8 Å². The van der Waals surface area contributed by atoms with E-state index in [9.17, 15) is 4.79 Å².